The van der Waals surface area contributed by atoms with E-state index < -0.39 is 0 Å². The van der Waals surface area contributed by atoms with Crippen LogP contribution >= 0.6 is 0 Å². The fourth-order valence-corrected chi connectivity index (χ4v) is 3.00. The van der Waals surface area contributed by atoms with Crippen LogP contribution in [-0.2, 0) is 0 Å². The van der Waals surface area contributed by atoms with Gasteiger partial charge in [-0.15, -0.1) is 0 Å². The first kappa shape index (κ1) is 17.2. The van der Waals surface area contributed by atoms with Gasteiger partial charge in [0.25, 0.3) is 0 Å². The molecule has 0 heterocycles. The van der Waals surface area contributed by atoms with E-state index in [-0.39, 0.29) is 0 Å². The first-order chi connectivity index (χ1) is 9.63. The summed E-state index contributed by atoms with van der Waals surface area (Å²) in [5, 5.41) is 3.81. The Hall–Kier alpha value is -0.820. The van der Waals surface area contributed by atoms with Crippen LogP contribution in [0.2, 0.25) is 0 Å². The quantitative estimate of drug-likeness (QED) is 0.622. The fraction of sp³-hybridized carbons (Fsp3) is 0.684. The number of hydrogen-bond donors (Lipinski definition) is 1. The molecule has 0 radical (unpaired) electrons. The molecule has 0 saturated carbocycles. The number of aryl methyl sites for hydroxylation is 2. The highest BCUT2D eigenvalue weighted by molar-refractivity contribution is 5.33. The van der Waals surface area contributed by atoms with Crippen molar-refractivity contribution in [3.63, 3.8) is 0 Å². The molecule has 2 atom stereocenters. The van der Waals surface area contributed by atoms with Crippen molar-refractivity contribution in [2.75, 3.05) is 6.54 Å². The van der Waals surface area contributed by atoms with Gasteiger partial charge in [0.1, 0.15) is 0 Å². The lowest BCUT2D eigenvalue weighted by Gasteiger charge is -2.29. The van der Waals surface area contributed by atoms with Crippen molar-refractivity contribution in [1.82, 2.24) is 5.32 Å². The highest BCUT2D eigenvalue weighted by Gasteiger charge is 2.22. The number of rotatable bonds is 9. The lowest BCUT2D eigenvalue weighted by atomic mass is 9.84. The fourth-order valence-electron chi connectivity index (χ4n) is 3.00. The van der Waals surface area contributed by atoms with Crippen LogP contribution < -0.4 is 5.32 Å². The van der Waals surface area contributed by atoms with E-state index in [2.05, 4.69) is 58.1 Å². The van der Waals surface area contributed by atoms with E-state index in [1.165, 1.54) is 48.8 Å². The maximum Gasteiger partial charge on any atom is 0.0351 e. The summed E-state index contributed by atoms with van der Waals surface area (Å²) in [5.74, 6) is 0.752. The molecule has 1 aromatic carbocycles. The molecule has 0 aliphatic heterocycles. The Balaban J connectivity index is 2.99. The molecule has 2 unspecified atom stereocenters. The summed E-state index contributed by atoms with van der Waals surface area (Å²) >= 11 is 0. The summed E-state index contributed by atoms with van der Waals surface area (Å²) in [6, 6.07) is 7.41. The Labute approximate surface area is 126 Å². The molecule has 0 fully saturated rings. The maximum absolute atomic E-state index is 3.81. The second kappa shape index (κ2) is 9.18. The average Bonchev–Trinajstić information content (AvgIpc) is 2.45. The second-order valence-electron chi connectivity index (χ2n) is 6.10. The summed E-state index contributed by atoms with van der Waals surface area (Å²) in [5.41, 5.74) is 4.32. The molecule has 0 amide bonds. The van der Waals surface area contributed by atoms with Gasteiger partial charge in [0.05, 0.1) is 0 Å². The minimum atomic E-state index is 0.520. The van der Waals surface area contributed by atoms with E-state index in [0.29, 0.717) is 6.04 Å². The molecule has 0 aliphatic rings. The Morgan fingerprint density at radius 2 is 1.80 bits per heavy atom. The molecule has 0 spiro atoms. The number of benzene rings is 1. The molecule has 1 rings (SSSR count). The maximum atomic E-state index is 3.81. The third-order valence-electron chi connectivity index (χ3n) is 4.31. The third kappa shape index (κ3) is 4.94. The lowest BCUT2D eigenvalue weighted by molar-refractivity contribution is 0.322. The van der Waals surface area contributed by atoms with Crippen molar-refractivity contribution in [2.45, 2.75) is 72.8 Å². The smallest absolute Gasteiger partial charge is 0.0351 e. The van der Waals surface area contributed by atoms with Gasteiger partial charge in [-0.1, -0.05) is 63.8 Å². The largest absolute Gasteiger partial charge is 0.310 e. The van der Waals surface area contributed by atoms with Crippen LogP contribution in [0.5, 0.6) is 0 Å². The zero-order valence-electron chi connectivity index (χ0n) is 14.1. The van der Waals surface area contributed by atoms with Gasteiger partial charge in [0, 0.05) is 6.04 Å². The number of hydrogen-bond acceptors (Lipinski definition) is 1. The Morgan fingerprint density at radius 3 is 2.40 bits per heavy atom. The van der Waals surface area contributed by atoms with Crippen LogP contribution in [0.15, 0.2) is 18.2 Å². The van der Waals surface area contributed by atoms with Crippen LogP contribution in [0.4, 0.5) is 0 Å². The van der Waals surface area contributed by atoms with Gasteiger partial charge in [0.2, 0.25) is 0 Å². The van der Waals surface area contributed by atoms with E-state index in [9.17, 15) is 0 Å². The van der Waals surface area contributed by atoms with Crippen LogP contribution in [-0.4, -0.2) is 6.54 Å². The van der Waals surface area contributed by atoms with Crippen molar-refractivity contribution < 1.29 is 0 Å². The summed E-state index contributed by atoms with van der Waals surface area (Å²) in [4.78, 5) is 0. The monoisotopic (exact) mass is 275 g/mol. The molecule has 0 aromatic heterocycles. The Bertz CT molecular complexity index is 383. The number of unbranched alkanes of at least 4 members (excludes halogenated alkanes) is 1. The average molecular weight is 275 g/mol. The predicted octanol–water partition coefficient (Wildman–Crippen LogP) is 5.56. The van der Waals surface area contributed by atoms with E-state index in [4.69, 9.17) is 0 Å². The van der Waals surface area contributed by atoms with E-state index in [0.717, 1.165) is 12.5 Å². The molecule has 20 heavy (non-hydrogen) atoms. The van der Waals surface area contributed by atoms with Gasteiger partial charge in [0.15, 0.2) is 0 Å². The summed E-state index contributed by atoms with van der Waals surface area (Å²) in [6.07, 6.45) is 6.43. The second-order valence-corrected chi connectivity index (χ2v) is 6.10. The van der Waals surface area contributed by atoms with E-state index in [1.54, 1.807) is 0 Å². The summed E-state index contributed by atoms with van der Waals surface area (Å²) < 4.78 is 0. The summed E-state index contributed by atoms with van der Waals surface area (Å²) in [6.45, 7) is 12.4. The standard InChI is InChI=1S/C19H33N/c1-6-9-10-17(8-3)19(20-13-7-2)18-14-15(4)11-12-16(18)5/h11-12,14,17,19-20H,6-10,13H2,1-5H3. The van der Waals surface area contributed by atoms with Gasteiger partial charge in [-0.3, -0.25) is 0 Å². The molecule has 0 aliphatic carbocycles. The highest BCUT2D eigenvalue weighted by atomic mass is 14.9. The normalized spacial score (nSPS) is 14.2. The predicted molar refractivity (Wildman–Crippen MR) is 90.3 cm³/mol. The third-order valence-corrected chi connectivity index (χ3v) is 4.31. The molecule has 0 saturated heterocycles. The van der Waals surface area contributed by atoms with Crippen LogP contribution in [0.3, 0.4) is 0 Å². The summed E-state index contributed by atoms with van der Waals surface area (Å²) in [7, 11) is 0. The molecule has 1 nitrogen and oxygen atoms in total. The van der Waals surface area contributed by atoms with Crippen molar-refractivity contribution in [3.8, 4) is 0 Å². The molecule has 1 N–H and O–H groups in total. The molecule has 1 aromatic rings. The molecule has 114 valence electrons. The van der Waals surface area contributed by atoms with E-state index in [1.807, 2.05) is 0 Å². The van der Waals surface area contributed by atoms with Crippen molar-refractivity contribution in [3.05, 3.63) is 34.9 Å². The minimum absolute atomic E-state index is 0.520. The molecule has 1 heteroatoms. The minimum Gasteiger partial charge on any atom is -0.310 e. The SMILES string of the molecule is CCCCC(CC)C(NCCC)c1cc(C)ccc1C. The van der Waals surface area contributed by atoms with Gasteiger partial charge in [-0.2, -0.15) is 0 Å². The van der Waals surface area contributed by atoms with E-state index >= 15 is 0 Å². The number of nitrogens with one attached hydrogen (secondary N) is 1. The van der Waals surface area contributed by atoms with Crippen LogP contribution in [0.25, 0.3) is 0 Å². The van der Waals surface area contributed by atoms with Gasteiger partial charge >= 0.3 is 0 Å². The molecular weight excluding hydrogens is 242 g/mol. The lowest BCUT2D eigenvalue weighted by Crippen LogP contribution is -2.29. The highest BCUT2D eigenvalue weighted by Crippen LogP contribution is 2.31. The molecule has 0 bridgehead atoms. The van der Waals surface area contributed by atoms with Crippen LogP contribution in [0, 0.1) is 19.8 Å². The van der Waals surface area contributed by atoms with Crippen molar-refractivity contribution in [2.24, 2.45) is 5.92 Å². The first-order valence-corrected chi connectivity index (χ1v) is 8.44. The van der Waals surface area contributed by atoms with Crippen molar-refractivity contribution >= 4 is 0 Å². The Morgan fingerprint density at radius 1 is 1.05 bits per heavy atom. The Kier molecular flexibility index (Phi) is 7.91. The van der Waals surface area contributed by atoms with Gasteiger partial charge < -0.3 is 5.32 Å². The zero-order valence-corrected chi connectivity index (χ0v) is 14.1. The zero-order chi connectivity index (χ0) is 15.0. The van der Waals surface area contributed by atoms with Crippen molar-refractivity contribution in [1.29, 1.82) is 0 Å². The first-order valence-electron chi connectivity index (χ1n) is 8.44. The van der Waals surface area contributed by atoms with Crippen LogP contribution in [0.1, 0.15) is 75.6 Å². The topological polar surface area (TPSA) is 12.0 Å². The van der Waals surface area contributed by atoms with Gasteiger partial charge in [-0.25, -0.2) is 0 Å². The molecular formula is C19H33N. The van der Waals surface area contributed by atoms with Gasteiger partial charge in [-0.05, 0) is 50.3 Å².